The molecule has 3 rings (SSSR count). The second kappa shape index (κ2) is 15.3. The predicted octanol–water partition coefficient (Wildman–Crippen LogP) is 1.88. The first-order valence-electron chi connectivity index (χ1n) is 15.0. The van der Waals surface area contributed by atoms with Gasteiger partial charge in [-0.1, -0.05) is 132 Å². The number of rotatable bonds is 4. The van der Waals surface area contributed by atoms with E-state index < -0.39 is 0 Å². The van der Waals surface area contributed by atoms with E-state index in [1.807, 2.05) is 12.1 Å². The van der Waals surface area contributed by atoms with Crippen LogP contribution >= 0.6 is 0 Å². The summed E-state index contributed by atoms with van der Waals surface area (Å²) in [5.41, 5.74) is 4.62. The van der Waals surface area contributed by atoms with Gasteiger partial charge in [0.25, 0.3) is 0 Å². The Morgan fingerprint density at radius 2 is 0.860 bits per heavy atom. The second-order valence-electron chi connectivity index (χ2n) is 15.9. The van der Waals surface area contributed by atoms with E-state index in [0.717, 1.165) is 47.9 Å². The van der Waals surface area contributed by atoms with E-state index >= 15 is 0 Å². The average molecular weight is 664 g/mol. The minimum Gasteiger partial charge on any atom is -1.00 e. The number of halogens is 2. The second-order valence-corrected chi connectivity index (χ2v) is 15.9. The summed E-state index contributed by atoms with van der Waals surface area (Å²) in [6, 6.07) is 8.15. The molecular formula is C36H52Cl2N2O2Ti. The minimum atomic E-state index is -0.248. The Hall–Kier alpha value is -1.33. The first-order chi connectivity index (χ1) is 18.2. The molecule has 43 heavy (non-hydrogen) atoms. The molecule has 2 aromatic rings. The number of benzene rings is 2. The van der Waals surface area contributed by atoms with Crippen LogP contribution < -0.4 is 35.0 Å². The molecule has 0 spiro atoms. The number of hydrogen-bond acceptors (Lipinski definition) is 4. The third kappa shape index (κ3) is 10.6. The van der Waals surface area contributed by atoms with Crippen molar-refractivity contribution in [2.75, 3.05) is 0 Å². The van der Waals surface area contributed by atoms with Gasteiger partial charge in [-0.2, -0.15) is 0 Å². The molecule has 236 valence electrons. The van der Waals surface area contributed by atoms with Crippen LogP contribution in [-0.4, -0.2) is 24.5 Å². The largest absolute Gasteiger partial charge is 4.00 e. The minimum absolute atomic E-state index is 0. The Morgan fingerprint density at radius 3 is 1.12 bits per heavy atom. The van der Waals surface area contributed by atoms with Crippen LogP contribution in [0.3, 0.4) is 0 Å². The molecule has 1 fully saturated rings. The van der Waals surface area contributed by atoms with Crippen molar-refractivity contribution in [2.45, 2.75) is 143 Å². The van der Waals surface area contributed by atoms with Crippen molar-refractivity contribution >= 4 is 12.4 Å². The molecule has 0 aliphatic heterocycles. The number of aliphatic imine (C=N–C) groups is 2. The maximum absolute atomic E-state index is 13.5. The van der Waals surface area contributed by atoms with Gasteiger partial charge < -0.3 is 35.0 Å². The molecule has 0 N–H and O–H groups in total. The first-order valence-corrected chi connectivity index (χ1v) is 15.0. The molecule has 1 saturated carbocycles. The van der Waals surface area contributed by atoms with Crippen molar-refractivity contribution in [1.82, 2.24) is 0 Å². The van der Waals surface area contributed by atoms with E-state index in [1.54, 1.807) is 12.4 Å². The van der Waals surface area contributed by atoms with E-state index in [-0.39, 0.29) is 91.8 Å². The van der Waals surface area contributed by atoms with Crippen molar-refractivity contribution in [3.63, 3.8) is 0 Å². The van der Waals surface area contributed by atoms with Crippen molar-refractivity contribution in [1.29, 1.82) is 0 Å². The number of hydrogen-bond donors (Lipinski definition) is 0. The average Bonchev–Trinajstić information content (AvgIpc) is 2.80. The molecule has 0 unspecified atom stereocenters. The van der Waals surface area contributed by atoms with Crippen LogP contribution in [0.25, 0.3) is 0 Å². The third-order valence-corrected chi connectivity index (χ3v) is 8.09. The summed E-state index contributed by atoms with van der Waals surface area (Å²) in [5, 5.41) is 26.9. The van der Waals surface area contributed by atoms with Crippen molar-refractivity contribution in [3.8, 4) is 11.5 Å². The molecule has 0 heterocycles. The topological polar surface area (TPSA) is 70.8 Å². The summed E-state index contributed by atoms with van der Waals surface area (Å²) in [7, 11) is 0. The number of nitrogens with zero attached hydrogens (tertiary/aromatic N) is 2. The molecule has 2 aromatic carbocycles. The molecule has 0 radical (unpaired) electrons. The van der Waals surface area contributed by atoms with Gasteiger partial charge in [0.05, 0.1) is 12.1 Å². The predicted molar refractivity (Wildman–Crippen MR) is 168 cm³/mol. The monoisotopic (exact) mass is 662 g/mol. The summed E-state index contributed by atoms with van der Waals surface area (Å²) in [5.74, 6) is 0.120. The van der Waals surface area contributed by atoms with Crippen LogP contribution in [0, 0.1) is 0 Å². The van der Waals surface area contributed by atoms with Crippen LogP contribution in [0.2, 0.25) is 0 Å². The van der Waals surface area contributed by atoms with E-state index in [2.05, 4.69) is 95.2 Å². The fourth-order valence-corrected chi connectivity index (χ4v) is 5.27. The summed E-state index contributed by atoms with van der Waals surface area (Å²) in [6.07, 6.45) is 7.63. The molecule has 0 amide bonds. The Balaban J connectivity index is 0.00000588. The fraction of sp³-hybridized carbons (Fsp3) is 0.611. The Bertz CT molecular complexity index is 1180. The summed E-state index contributed by atoms with van der Waals surface area (Å²) >= 11 is 0. The molecule has 1 aliphatic rings. The van der Waals surface area contributed by atoms with Gasteiger partial charge >= 0.3 is 21.7 Å². The van der Waals surface area contributed by atoms with Crippen LogP contribution in [0.15, 0.2) is 34.3 Å². The van der Waals surface area contributed by atoms with Crippen LogP contribution in [-0.2, 0) is 43.4 Å². The Morgan fingerprint density at radius 1 is 0.558 bits per heavy atom. The van der Waals surface area contributed by atoms with Gasteiger partial charge in [0.1, 0.15) is 0 Å². The zero-order chi connectivity index (χ0) is 30.3. The third-order valence-electron chi connectivity index (χ3n) is 8.09. The van der Waals surface area contributed by atoms with Gasteiger partial charge in [-0.3, -0.25) is 9.98 Å². The Kier molecular flexibility index (Phi) is 14.8. The smallest absolute Gasteiger partial charge is 1.00 e. The maximum Gasteiger partial charge on any atom is 4.00 e. The van der Waals surface area contributed by atoms with Gasteiger partial charge in [0, 0.05) is 12.4 Å². The van der Waals surface area contributed by atoms with Gasteiger partial charge in [0.15, 0.2) is 0 Å². The Labute approximate surface area is 289 Å². The van der Waals surface area contributed by atoms with E-state index in [4.69, 9.17) is 9.98 Å². The molecule has 1 aliphatic carbocycles. The first kappa shape index (κ1) is 41.7. The van der Waals surface area contributed by atoms with Crippen molar-refractivity contribution in [3.05, 3.63) is 57.6 Å². The summed E-state index contributed by atoms with van der Waals surface area (Å²) in [6.45, 7) is 25.6. The molecule has 0 bridgehead atoms. The molecule has 4 nitrogen and oxygen atoms in total. The van der Waals surface area contributed by atoms with E-state index in [1.165, 1.54) is 0 Å². The van der Waals surface area contributed by atoms with Crippen molar-refractivity contribution < 1.29 is 56.7 Å². The SMILES string of the molecule is CC(C)(C)c1cc(C=N[C@@H]2CCCC[C@H]2N=Cc2cc(C(C)(C)C)cc(C(C)(C)C)c2[O-])c([O-])c(C(C)(C)C)c1.[Cl-].[Cl-].[Ti+4]. The molecule has 2 atom stereocenters. The fourth-order valence-electron chi connectivity index (χ4n) is 5.27. The quantitative estimate of drug-likeness (QED) is 0.371. The van der Waals surface area contributed by atoms with E-state index in [9.17, 15) is 10.2 Å². The maximum atomic E-state index is 13.5. The summed E-state index contributed by atoms with van der Waals surface area (Å²) in [4.78, 5) is 9.95. The molecule has 7 heteroatoms. The van der Waals surface area contributed by atoms with Gasteiger partial charge in [-0.15, -0.1) is 0 Å². The van der Waals surface area contributed by atoms with Crippen molar-refractivity contribution in [2.24, 2.45) is 9.98 Å². The zero-order valence-electron chi connectivity index (χ0n) is 28.4. The normalized spacial score (nSPS) is 18.2. The van der Waals surface area contributed by atoms with Gasteiger partial charge in [0.2, 0.25) is 0 Å². The van der Waals surface area contributed by atoms with E-state index in [0.29, 0.717) is 11.1 Å². The van der Waals surface area contributed by atoms with Gasteiger partial charge in [-0.05, 0) is 67.9 Å². The van der Waals surface area contributed by atoms with Crippen LogP contribution in [0.5, 0.6) is 11.5 Å². The molecule has 0 aromatic heterocycles. The molecular weight excluding hydrogens is 611 g/mol. The van der Waals surface area contributed by atoms with Crippen LogP contribution in [0.4, 0.5) is 0 Å². The summed E-state index contributed by atoms with van der Waals surface area (Å²) < 4.78 is 0. The van der Waals surface area contributed by atoms with Crippen LogP contribution in [0.1, 0.15) is 142 Å². The molecule has 0 saturated heterocycles. The zero-order valence-corrected chi connectivity index (χ0v) is 31.5. The standard InChI is InChI=1S/C36H54N2O2.2ClH.Ti/c1-33(2,3)25-17-23(31(39)27(19-25)35(7,8)9)21-37-29-15-13-14-16-30(29)38-22-24-18-26(34(4,5)6)20-28(32(24)40)36(10,11)12;;;/h17-22,29-30,39-40H,13-16H2,1-12H3;2*1H;/q;;;+4/p-4/t29-,30-;;;/m1.../s1. The van der Waals surface area contributed by atoms with Gasteiger partial charge in [-0.25, -0.2) is 0 Å².